The molecule has 8 nitrogen and oxygen atoms in total. The van der Waals surface area contributed by atoms with E-state index in [1.807, 2.05) is 32.0 Å². The summed E-state index contributed by atoms with van der Waals surface area (Å²) in [5, 5.41) is 2.81. The first kappa shape index (κ1) is 19.5. The molecule has 1 aromatic carbocycles. The first-order valence-corrected chi connectivity index (χ1v) is 9.22. The van der Waals surface area contributed by atoms with Crippen LogP contribution < -0.4 is 20.5 Å². The molecule has 1 N–H and O–H groups in total. The van der Waals surface area contributed by atoms with Crippen molar-refractivity contribution in [1.82, 2.24) is 14.9 Å². The lowest BCUT2D eigenvalue weighted by atomic mass is 10.1. The fourth-order valence-corrected chi connectivity index (χ4v) is 2.84. The Kier molecular flexibility index (Phi) is 6.31. The monoisotopic (exact) mass is 385 g/mol. The van der Waals surface area contributed by atoms with E-state index < -0.39 is 5.76 Å². The third-order valence-electron chi connectivity index (χ3n) is 4.07. The lowest BCUT2D eigenvalue weighted by Crippen LogP contribution is -2.32. The molecule has 28 heavy (non-hydrogen) atoms. The van der Waals surface area contributed by atoms with Gasteiger partial charge in [0, 0.05) is 12.7 Å². The Morgan fingerprint density at radius 3 is 2.75 bits per heavy atom. The van der Waals surface area contributed by atoms with Gasteiger partial charge in [-0.1, -0.05) is 6.07 Å². The average molecular weight is 385 g/mol. The molecule has 148 valence electrons. The van der Waals surface area contributed by atoms with E-state index >= 15 is 0 Å². The van der Waals surface area contributed by atoms with Crippen molar-refractivity contribution in [3.05, 3.63) is 52.6 Å². The molecule has 0 fully saturated rings. The fourth-order valence-electron chi connectivity index (χ4n) is 2.84. The number of carbonyl (C=O) groups excluding carboxylic acids is 1. The highest BCUT2D eigenvalue weighted by molar-refractivity contribution is 5.78. The van der Waals surface area contributed by atoms with Crippen molar-refractivity contribution < 1.29 is 18.7 Å². The third-order valence-corrected chi connectivity index (χ3v) is 4.07. The van der Waals surface area contributed by atoms with E-state index in [0.29, 0.717) is 48.9 Å². The van der Waals surface area contributed by atoms with Crippen LogP contribution in [0.2, 0.25) is 0 Å². The van der Waals surface area contributed by atoms with Crippen LogP contribution in [-0.2, 0) is 17.8 Å². The van der Waals surface area contributed by atoms with E-state index in [1.54, 1.807) is 18.3 Å². The molecule has 3 aromatic rings. The molecule has 2 aromatic heterocycles. The van der Waals surface area contributed by atoms with Crippen molar-refractivity contribution in [3.63, 3.8) is 0 Å². The Labute approximate surface area is 162 Å². The van der Waals surface area contributed by atoms with E-state index in [-0.39, 0.29) is 12.5 Å². The van der Waals surface area contributed by atoms with Crippen LogP contribution >= 0.6 is 0 Å². The number of oxazole rings is 1. The number of benzene rings is 1. The molecule has 1 amide bonds. The number of amides is 1. The maximum atomic E-state index is 12.2. The van der Waals surface area contributed by atoms with Crippen LogP contribution in [-0.4, -0.2) is 35.2 Å². The Balaban J connectivity index is 1.58. The minimum Gasteiger partial charge on any atom is -0.490 e. The molecule has 0 bridgehead atoms. The number of aromatic nitrogens is 2. The minimum atomic E-state index is -0.600. The standard InChI is InChI=1S/C20H23N3O5/c1-3-26-15-8-7-14(12-17(15)27-4-2)9-11-21-18(24)13-23-19-16(28-20(23)25)6-5-10-22-19/h5-8,10,12H,3-4,9,11,13H2,1-2H3,(H,21,24). The normalized spacial score (nSPS) is 10.8. The predicted octanol–water partition coefficient (Wildman–Crippen LogP) is 2.15. The van der Waals surface area contributed by atoms with Gasteiger partial charge in [0.1, 0.15) is 6.54 Å². The molecular formula is C20H23N3O5. The maximum absolute atomic E-state index is 12.2. The Bertz CT molecular complexity index is 1010. The van der Waals surface area contributed by atoms with Crippen molar-refractivity contribution in [2.45, 2.75) is 26.8 Å². The number of ether oxygens (including phenoxy) is 2. The maximum Gasteiger partial charge on any atom is 0.421 e. The van der Waals surface area contributed by atoms with Crippen LogP contribution in [0.1, 0.15) is 19.4 Å². The van der Waals surface area contributed by atoms with E-state index in [2.05, 4.69) is 10.3 Å². The summed E-state index contributed by atoms with van der Waals surface area (Å²) in [6.45, 7) is 5.23. The van der Waals surface area contributed by atoms with Gasteiger partial charge in [0.25, 0.3) is 0 Å². The van der Waals surface area contributed by atoms with Crippen LogP contribution in [0.5, 0.6) is 11.5 Å². The molecule has 0 atom stereocenters. The first-order valence-electron chi connectivity index (χ1n) is 9.22. The molecule has 3 rings (SSSR count). The lowest BCUT2D eigenvalue weighted by molar-refractivity contribution is -0.121. The van der Waals surface area contributed by atoms with Gasteiger partial charge in [-0.05, 0) is 50.1 Å². The van der Waals surface area contributed by atoms with E-state index in [9.17, 15) is 9.59 Å². The van der Waals surface area contributed by atoms with Crippen LogP contribution in [0, 0.1) is 0 Å². The zero-order valence-electron chi connectivity index (χ0n) is 15.9. The van der Waals surface area contributed by atoms with Gasteiger partial charge in [-0.3, -0.25) is 4.79 Å². The highest BCUT2D eigenvalue weighted by atomic mass is 16.5. The highest BCUT2D eigenvalue weighted by Crippen LogP contribution is 2.28. The topological polar surface area (TPSA) is 95.6 Å². The fraction of sp³-hybridized carbons (Fsp3) is 0.350. The summed E-state index contributed by atoms with van der Waals surface area (Å²) in [7, 11) is 0. The minimum absolute atomic E-state index is 0.143. The van der Waals surface area contributed by atoms with Gasteiger partial charge < -0.3 is 19.2 Å². The van der Waals surface area contributed by atoms with Gasteiger partial charge in [-0.25, -0.2) is 14.3 Å². The molecule has 0 saturated carbocycles. The Morgan fingerprint density at radius 1 is 1.18 bits per heavy atom. The molecule has 0 unspecified atom stereocenters. The third kappa shape index (κ3) is 4.51. The molecule has 2 heterocycles. The van der Waals surface area contributed by atoms with Crippen LogP contribution in [0.15, 0.2) is 45.7 Å². The molecule has 0 radical (unpaired) electrons. The number of fused-ring (bicyclic) bond motifs is 1. The van der Waals surface area contributed by atoms with Gasteiger partial charge >= 0.3 is 5.76 Å². The molecule has 0 aliphatic heterocycles. The van der Waals surface area contributed by atoms with Gasteiger partial charge in [0.2, 0.25) is 5.91 Å². The summed E-state index contributed by atoms with van der Waals surface area (Å²) in [4.78, 5) is 28.2. The zero-order chi connectivity index (χ0) is 19.9. The SMILES string of the molecule is CCOc1ccc(CCNC(=O)Cn2c(=O)oc3cccnc32)cc1OCC. The Hall–Kier alpha value is -3.29. The second-order valence-electron chi connectivity index (χ2n) is 6.03. The molecule has 0 aliphatic carbocycles. The predicted molar refractivity (Wildman–Crippen MR) is 104 cm³/mol. The number of nitrogens with one attached hydrogen (secondary N) is 1. The molecule has 0 saturated heterocycles. The quantitative estimate of drug-likeness (QED) is 0.606. The summed E-state index contributed by atoms with van der Waals surface area (Å²) in [5.74, 6) is 0.509. The van der Waals surface area contributed by atoms with E-state index in [0.717, 1.165) is 5.56 Å². The van der Waals surface area contributed by atoms with Crippen molar-refractivity contribution in [2.75, 3.05) is 19.8 Å². The number of hydrogen-bond acceptors (Lipinski definition) is 6. The van der Waals surface area contributed by atoms with Gasteiger partial charge in [0.15, 0.2) is 22.7 Å². The summed E-state index contributed by atoms with van der Waals surface area (Å²) < 4.78 is 17.5. The number of rotatable bonds is 9. The summed E-state index contributed by atoms with van der Waals surface area (Å²) >= 11 is 0. The summed E-state index contributed by atoms with van der Waals surface area (Å²) in [6, 6.07) is 9.04. The van der Waals surface area contributed by atoms with Gasteiger partial charge in [-0.2, -0.15) is 0 Å². The lowest BCUT2D eigenvalue weighted by Gasteiger charge is -2.12. The number of pyridine rings is 1. The number of hydrogen-bond donors (Lipinski definition) is 1. The van der Waals surface area contributed by atoms with Crippen LogP contribution in [0.3, 0.4) is 0 Å². The smallest absolute Gasteiger partial charge is 0.421 e. The van der Waals surface area contributed by atoms with Crippen molar-refractivity contribution in [3.8, 4) is 11.5 Å². The van der Waals surface area contributed by atoms with Gasteiger partial charge in [0.05, 0.1) is 13.2 Å². The molecule has 0 aliphatic rings. The number of carbonyl (C=O) groups is 1. The zero-order valence-corrected chi connectivity index (χ0v) is 15.9. The Morgan fingerprint density at radius 2 is 1.96 bits per heavy atom. The van der Waals surface area contributed by atoms with Gasteiger partial charge in [-0.15, -0.1) is 0 Å². The largest absolute Gasteiger partial charge is 0.490 e. The second kappa shape index (κ2) is 9.07. The van der Waals surface area contributed by atoms with Crippen molar-refractivity contribution in [2.24, 2.45) is 0 Å². The van der Waals surface area contributed by atoms with Crippen LogP contribution in [0.25, 0.3) is 11.2 Å². The summed E-state index contributed by atoms with van der Waals surface area (Å²) in [6.07, 6.45) is 2.17. The van der Waals surface area contributed by atoms with E-state index in [4.69, 9.17) is 13.9 Å². The number of nitrogens with zero attached hydrogens (tertiary/aromatic N) is 2. The van der Waals surface area contributed by atoms with Crippen LogP contribution in [0.4, 0.5) is 0 Å². The van der Waals surface area contributed by atoms with Crippen molar-refractivity contribution in [1.29, 1.82) is 0 Å². The van der Waals surface area contributed by atoms with Crippen molar-refractivity contribution >= 4 is 17.1 Å². The second-order valence-corrected chi connectivity index (χ2v) is 6.03. The average Bonchev–Trinajstić information content (AvgIpc) is 2.99. The molecular weight excluding hydrogens is 362 g/mol. The molecule has 8 heteroatoms. The van der Waals surface area contributed by atoms with E-state index in [1.165, 1.54) is 4.57 Å². The first-order chi connectivity index (χ1) is 13.6. The highest BCUT2D eigenvalue weighted by Gasteiger charge is 2.13. The summed E-state index contributed by atoms with van der Waals surface area (Å²) in [5.41, 5.74) is 1.73. The molecule has 0 spiro atoms.